The average Bonchev–Trinajstić information content (AvgIpc) is 2.85. The molecule has 0 radical (unpaired) electrons. The molecule has 1 saturated heterocycles. The number of carboxylic acids is 1. The first kappa shape index (κ1) is 16.3. The Hall–Kier alpha value is -2.05. The average molecular weight is 310 g/mol. The lowest BCUT2D eigenvalue weighted by Gasteiger charge is -2.36. The van der Waals surface area contributed by atoms with Gasteiger partial charge >= 0.3 is 12.1 Å². The quantitative estimate of drug-likeness (QED) is 0.902. The van der Waals surface area contributed by atoms with Crippen LogP contribution in [-0.2, 0) is 4.74 Å². The molecule has 2 rings (SSSR count). The number of aromatic carboxylic acids is 1. The number of hydrogen-bond acceptors (Lipinski definition) is 5. The van der Waals surface area contributed by atoms with Crippen molar-refractivity contribution < 1.29 is 24.0 Å². The molecule has 0 spiro atoms. The Bertz CT molecular complexity index is 561. The van der Waals surface area contributed by atoms with E-state index in [-0.39, 0.29) is 23.5 Å². The minimum Gasteiger partial charge on any atom is -0.478 e. The van der Waals surface area contributed by atoms with E-state index in [0.29, 0.717) is 25.2 Å². The van der Waals surface area contributed by atoms with Gasteiger partial charge < -0.3 is 19.3 Å². The van der Waals surface area contributed by atoms with Crippen LogP contribution < -0.4 is 0 Å². The van der Waals surface area contributed by atoms with Crippen LogP contribution in [-0.4, -0.2) is 45.9 Å². The summed E-state index contributed by atoms with van der Waals surface area (Å²) in [6, 6.07) is 0. The van der Waals surface area contributed by atoms with Gasteiger partial charge in [0.05, 0.1) is 0 Å². The lowest BCUT2D eigenvalue weighted by atomic mass is 9.83. The topological polar surface area (TPSA) is 92.9 Å². The molecule has 0 aromatic carbocycles. The second-order valence-electron chi connectivity index (χ2n) is 6.72. The maximum atomic E-state index is 12.1. The van der Waals surface area contributed by atoms with Gasteiger partial charge in [0.1, 0.15) is 23.1 Å². The van der Waals surface area contributed by atoms with Crippen LogP contribution in [0.4, 0.5) is 4.79 Å². The molecule has 1 N–H and O–H groups in total. The summed E-state index contributed by atoms with van der Waals surface area (Å²) in [7, 11) is 0. The standard InChI is InChI=1S/C15H22N2O5/c1-9-7-17(14(20)22-15(2,3)4)6-5-10(9)12-11(13(18)19)8-21-16-12/h8-10H,5-7H2,1-4H3,(H,18,19)/t9-,10-/m0/s1. The molecule has 7 heteroatoms. The highest BCUT2D eigenvalue weighted by Gasteiger charge is 2.35. The van der Waals surface area contributed by atoms with Crippen molar-refractivity contribution in [1.82, 2.24) is 10.1 Å². The lowest BCUT2D eigenvalue weighted by Crippen LogP contribution is -2.44. The van der Waals surface area contributed by atoms with E-state index in [9.17, 15) is 9.59 Å². The minimum absolute atomic E-state index is 0.0384. The Morgan fingerprint density at radius 2 is 2.14 bits per heavy atom. The van der Waals surface area contributed by atoms with Crippen molar-refractivity contribution in [2.45, 2.75) is 45.6 Å². The Balaban J connectivity index is 2.06. The van der Waals surface area contributed by atoms with Crippen LogP contribution in [0.3, 0.4) is 0 Å². The molecule has 0 saturated carbocycles. The van der Waals surface area contributed by atoms with Crippen LogP contribution in [0, 0.1) is 5.92 Å². The number of carboxylic acid groups (broad SMARTS) is 1. The summed E-state index contributed by atoms with van der Waals surface area (Å²) in [6.45, 7) is 8.48. The number of amides is 1. The molecule has 1 aromatic rings. The van der Waals surface area contributed by atoms with Crippen molar-refractivity contribution >= 4 is 12.1 Å². The molecule has 0 aliphatic carbocycles. The van der Waals surface area contributed by atoms with Gasteiger partial charge in [-0.2, -0.15) is 0 Å². The summed E-state index contributed by atoms with van der Waals surface area (Å²) in [5, 5.41) is 13.0. The van der Waals surface area contributed by atoms with Gasteiger partial charge in [-0.05, 0) is 33.1 Å². The lowest BCUT2D eigenvalue weighted by molar-refractivity contribution is 0.0151. The van der Waals surface area contributed by atoms with Gasteiger partial charge in [-0.15, -0.1) is 0 Å². The summed E-state index contributed by atoms with van der Waals surface area (Å²) >= 11 is 0. The summed E-state index contributed by atoms with van der Waals surface area (Å²) in [5.74, 6) is -1.01. The van der Waals surface area contributed by atoms with Gasteiger partial charge in [-0.25, -0.2) is 9.59 Å². The Labute approximate surface area is 129 Å². The zero-order valence-corrected chi connectivity index (χ0v) is 13.3. The van der Waals surface area contributed by atoms with Crippen molar-refractivity contribution in [2.75, 3.05) is 13.1 Å². The molecular weight excluding hydrogens is 288 g/mol. The first-order chi connectivity index (χ1) is 10.2. The predicted molar refractivity (Wildman–Crippen MR) is 77.8 cm³/mol. The van der Waals surface area contributed by atoms with E-state index in [0.717, 1.165) is 6.26 Å². The van der Waals surface area contributed by atoms with Crippen LogP contribution in [0.5, 0.6) is 0 Å². The van der Waals surface area contributed by atoms with Crippen LogP contribution in [0.1, 0.15) is 56.1 Å². The van der Waals surface area contributed by atoms with E-state index in [2.05, 4.69) is 5.16 Å². The number of likely N-dealkylation sites (tertiary alicyclic amines) is 1. The zero-order valence-electron chi connectivity index (χ0n) is 13.3. The number of nitrogens with zero attached hydrogens (tertiary/aromatic N) is 2. The molecular formula is C15H22N2O5. The number of ether oxygens (including phenoxy) is 1. The van der Waals surface area contributed by atoms with Crippen molar-refractivity contribution in [1.29, 1.82) is 0 Å². The molecule has 122 valence electrons. The molecule has 22 heavy (non-hydrogen) atoms. The summed E-state index contributed by atoms with van der Waals surface area (Å²) < 4.78 is 10.2. The third-order valence-electron chi connectivity index (χ3n) is 3.74. The second kappa shape index (κ2) is 5.98. The molecule has 0 unspecified atom stereocenters. The van der Waals surface area contributed by atoms with Crippen LogP contribution in [0.25, 0.3) is 0 Å². The van der Waals surface area contributed by atoms with Crippen molar-refractivity contribution in [3.05, 3.63) is 17.5 Å². The number of rotatable bonds is 2. The number of carbonyl (C=O) groups excluding carboxylic acids is 1. The van der Waals surface area contributed by atoms with E-state index in [1.54, 1.807) is 4.90 Å². The summed E-state index contributed by atoms with van der Waals surface area (Å²) in [5.41, 5.74) is 0.0335. The van der Waals surface area contributed by atoms with Crippen LogP contribution in [0.15, 0.2) is 10.8 Å². The second-order valence-corrected chi connectivity index (χ2v) is 6.72. The Morgan fingerprint density at radius 3 is 2.68 bits per heavy atom. The third-order valence-corrected chi connectivity index (χ3v) is 3.74. The van der Waals surface area contributed by atoms with Gasteiger partial charge in [-0.1, -0.05) is 12.1 Å². The highest BCUT2D eigenvalue weighted by molar-refractivity contribution is 5.88. The van der Waals surface area contributed by atoms with Crippen LogP contribution in [0.2, 0.25) is 0 Å². The normalized spacial score (nSPS) is 22.5. The van der Waals surface area contributed by atoms with E-state index < -0.39 is 11.6 Å². The molecule has 1 fully saturated rings. The van der Waals surface area contributed by atoms with Gasteiger partial charge in [0, 0.05) is 19.0 Å². The largest absolute Gasteiger partial charge is 0.478 e. The third kappa shape index (κ3) is 3.58. The first-order valence-electron chi connectivity index (χ1n) is 7.34. The van der Waals surface area contributed by atoms with Crippen molar-refractivity contribution in [3.63, 3.8) is 0 Å². The monoisotopic (exact) mass is 310 g/mol. The molecule has 1 aliphatic heterocycles. The fourth-order valence-corrected chi connectivity index (χ4v) is 2.72. The smallest absolute Gasteiger partial charge is 0.410 e. The molecule has 2 atom stereocenters. The van der Waals surface area contributed by atoms with E-state index >= 15 is 0 Å². The molecule has 2 heterocycles. The Kier molecular flexibility index (Phi) is 4.44. The number of carbonyl (C=O) groups is 2. The van der Waals surface area contributed by atoms with Crippen molar-refractivity contribution in [3.8, 4) is 0 Å². The molecule has 1 amide bonds. The maximum absolute atomic E-state index is 12.1. The molecule has 1 aromatic heterocycles. The van der Waals surface area contributed by atoms with Gasteiger partial charge in [-0.3, -0.25) is 0 Å². The van der Waals surface area contributed by atoms with E-state index in [1.807, 2.05) is 27.7 Å². The number of aromatic nitrogens is 1. The molecule has 1 aliphatic rings. The fraction of sp³-hybridized carbons (Fsp3) is 0.667. The first-order valence-corrected chi connectivity index (χ1v) is 7.34. The Morgan fingerprint density at radius 1 is 1.45 bits per heavy atom. The molecule has 7 nitrogen and oxygen atoms in total. The van der Waals surface area contributed by atoms with Gasteiger partial charge in [0.25, 0.3) is 0 Å². The van der Waals surface area contributed by atoms with Gasteiger partial charge in [0.15, 0.2) is 0 Å². The fourth-order valence-electron chi connectivity index (χ4n) is 2.72. The van der Waals surface area contributed by atoms with E-state index in [1.165, 1.54) is 0 Å². The highest BCUT2D eigenvalue weighted by atomic mass is 16.6. The SMILES string of the molecule is C[C@H]1CN(C(=O)OC(C)(C)C)CC[C@@H]1c1nocc1C(=O)O. The molecule has 0 bridgehead atoms. The zero-order chi connectivity index (χ0) is 16.5. The van der Waals surface area contributed by atoms with E-state index in [4.69, 9.17) is 14.4 Å². The predicted octanol–water partition coefficient (Wildman–Crippen LogP) is 2.73. The summed E-state index contributed by atoms with van der Waals surface area (Å²) in [4.78, 5) is 24.9. The number of piperidine rings is 1. The van der Waals surface area contributed by atoms with Crippen molar-refractivity contribution in [2.24, 2.45) is 5.92 Å². The van der Waals surface area contributed by atoms with Gasteiger partial charge in [0.2, 0.25) is 0 Å². The minimum atomic E-state index is -1.04. The maximum Gasteiger partial charge on any atom is 0.410 e. The van der Waals surface area contributed by atoms with Crippen LogP contribution >= 0.6 is 0 Å². The highest BCUT2D eigenvalue weighted by Crippen LogP contribution is 2.34. The number of hydrogen-bond donors (Lipinski definition) is 1. The summed E-state index contributed by atoms with van der Waals surface area (Å²) in [6.07, 6.45) is 1.45.